The molecule has 0 bridgehead atoms. The summed E-state index contributed by atoms with van der Waals surface area (Å²) in [5.74, 6) is 1.61. The first-order valence-corrected chi connectivity index (χ1v) is 7.25. The first-order valence-electron chi connectivity index (χ1n) is 7.25. The van der Waals surface area contributed by atoms with Crippen molar-refractivity contribution in [1.29, 1.82) is 0 Å². The Kier molecular flexibility index (Phi) is 3.01. The highest BCUT2D eigenvalue weighted by Crippen LogP contribution is 2.31. The van der Waals surface area contributed by atoms with Crippen LogP contribution in [0, 0.1) is 6.92 Å². The molecule has 0 fully saturated rings. The molecule has 4 rings (SSSR count). The van der Waals surface area contributed by atoms with E-state index in [1.807, 2.05) is 36.4 Å². The molecule has 0 aliphatic rings. The van der Waals surface area contributed by atoms with Crippen molar-refractivity contribution >= 4 is 17.3 Å². The fraction of sp³-hybridized carbons (Fsp3) is 0.0588. The van der Waals surface area contributed by atoms with Crippen molar-refractivity contribution in [1.82, 2.24) is 19.6 Å². The van der Waals surface area contributed by atoms with Crippen LogP contribution >= 0.6 is 0 Å². The van der Waals surface area contributed by atoms with Crippen LogP contribution in [0.25, 0.3) is 17.0 Å². The topological polar surface area (TPSA) is 78.2 Å². The van der Waals surface area contributed by atoms with Crippen LogP contribution in [-0.4, -0.2) is 24.7 Å². The first-order chi connectivity index (χ1) is 11.2. The number of hydrogen-bond acceptors (Lipinski definition) is 4. The first kappa shape index (κ1) is 13.4. The average molecular weight is 305 g/mol. The molecule has 114 valence electrons. The molecule has 0 amide bonds. The zero-order valence-corrected chi connectivity index (χ0v) is 12.5. The van der Waals surface area contributed by atoms with Crippen molar-refractivity contribution in [3.63, 3.8) is 0 Å². The zero-order chi connectivity index (χ0) is 15.8. The lowest BCUT2D eigenvalue weighted by Crippen LogP contribution is -1.97. The Bertz CT molecular complexity index is 951. The quantitative estimate of drug-likeness (QED) is 0.541. The van der Waals surface area contributed by atoms with Crippen LogP contribution in [0.5, 0.6) is 5.75 Å². The standard InChI is InChI=1S/C17H15N5O/c1-11-2-6-13(7-3-11)20-16-15(12-4-8-14(23)9-5-12)21-17-18-10-19-22(16)17/h2-10,20,23H,1H3,(H,18,19,21). The maximum absolute atomic E-state index is 9.47. The van der Waals surface area contributed by atoms with Crippen molar-refractivity contribution in [2.75, 3.05) is 5.32 Å². The Balaban J connectivity index is 1.83. The molecule has 0 saturated heterocycles. The fourth-order valence-corrected chi connectivity index (χ4v) is 2.47. The molecule has 6 heteroatoms. The van der Waals surface area contributed by atoms with Crippen molar-refractivity contribution in [2.45, 2.75) is 6.92 Å². The van der Waals surface area contributed by atoms with Gasteiger partial charge in [0.2, 0.25) is 0 Å². The SMILES string of the molecule is Cc1ccc(Nc2c(-c3ccc(O)cc3)nc3nc[nH]n23)cc1. The minimum Gasteiger partial charge on any atom is -0.508 e. The maximum Gasteiger partial charge on any atom is 0.252 e. The molecule has 0 aliphatic carbocycles. The second kappa shape index (κ2) is 5.17. The summed E-state index contributed by atoms with van der Waals surface area (Å²) in [4.78, 5) is 8.77. The summed E-state index contributed by atoms with van der Waals surface area (Å²) in [7, 11) is 0. The molecule has 2 heterocycles. The van der Waals surface area contributed by atoms with Gasteiger partial charge in [-0.2, -0.15) is 0 Å². The smallest absolute Gasteiger partial charge is 0.252 e. The molecule has 2 aromatic carbocycles. The van der Waals surface area contributed by atoms with Gasteiger partial charge < -0.3 is 10.4 Å². The van der Waals surface area contributed by atoms with Gasteiger partial charge in [0.1, 0.15) is 17.8 Å². The lowest BCUT2D eigenvalue weighted by molar-refractivity contribution is 0.475. The Morgan fingerprint density at radius 2 is 1.78 bits per heavy atom. The van der Waals surface area contributed by atoms with Crippen molar-refractivity contribution in [2.24, 2.45) is 0 Å². The molecule has 0 saturated carbocycles. The number of phenols is 1. The number of nitrogens with zero attached hydrogens (tertiary/aromatic N) is 3. The third kappa shape index (κ3) is 2.40. The van der Waals surface area contributed by atoms with E-state index in [1.165, 1.54) is 5.56 Å². The highest BCUT2D eigenvalue weighted by atomic mass is 16.3. The number of aromatic amines is 1. The molecule has 3 N–H and O–H groups in total. The van der Waals surface area contributed by atoms with Gasteiger partial charge in [0, 0.05) is 11.3 Å². The van der Waals surface area contributed by atoms with Gasteiger partial charge in [-0.05, 0) is 43.3 Å². The molecular weight excluding hydrogens is 290 g/mol. The predicted octanol–water partition coefficient (Wildman–Crippen LogP) is 3.48. The van der Waals surface area contributed by atoms with Crippen LogP contribution < -0.4 is 5.32 Å². The van der Waals surface area contributed by atoms with E-state index in [-0.39, 0.29) is 5.75 Å². The number of H-pyrrole nitrogens is 1. The Morgan fingerprint density at radius 3 is 2.52 bits per heavy atom. The zero-order valence-electron chi connectivity index (χ0n) is 12.5. The number of imidazole rings is 1. The molecule has 4 aromatic rings. The van der Waals surface area contributed by atoms with E-state index >= 15 is 0 Å². The summed E-state index contributed by atoms with van der Waals surface area (Å²) in [5.41, 5.74) is 3.84. The molecular formula is C17H15N5O. The number of aromatic nitrogens is 4. The molecule has 6 nitrogen and oxygen atoms in total. The summed E-state index contributed by atoms with van der Waals surface area (Å²) < 4.78 is 1.79. The highest BCUT2D eigenvalue weighted by Gasteiger charge is 2.16. The summed E-state index contributed by atoms with van der Waals surface area (Å²) in [6.45, 7) is 2.05. The molecule has 0 radical (unpaired) electrons. The molecule has 0 atom stereocenters. The van der Waals surface area contributed by atoms with Crippen LogP contribution in [0.15, 0.2) is 54.9 Å². The van der Waals surface area contributed by atoms with Crippen LogP contribution in [-0.2, 0) is 0 Å². The van der Waals surface area contributed by atoms with Gasteiger partial charge in [0.15, 0.2) is 5.82 Å². The number of fused-ring (bicyclic) bond motifs is 1. The largest absolute Gasteiger partial charge is 0.508 e. The summed E-state index contributed by atoms with van der Waals surface area (Å²) in [6.07, 6.45) is 1.60. The highest BCUT2D eigenvalue weighted by molar-refractivity contribution is 5.78. The number of benzene rings is 2. The van der Waals surface area contributed by atoms with Crippen molar-refractivity contribution in [3.05, 3.63) is 60.4 Å². The summed E-state index contributed by atoms with van der Waals surface area (Å²) >= 11 is 0. The van der Waals surface area contributed by atoms with E-state index < -0.39 is 0 Å². The van der Waals surface area contributed by atoms with Crippen LogP contribution in [0.3, 0.4) is 0 Å². The fourth-order valence-electron chi connectivity index (χ4n) is 2.47. The van der Waals surface area contributed by atoms with Gasteiger partial charge in [0.25, 0.3) is 5.78 Å². The number of aryl methyl sites for hydroxylation is 1. The van der Waals surface area contributed by atoms with Gasteiger partial charge in [-0.15, -0.1) is 0 Å². The lowest BCUT2D eigenvalue weighted by atomic mass is 10.1. The molecule has 0 unspecified atom stereocenters. The molecule has 2 aromatic heterocycles. The monoisotopic (exact) mass is 305 g/mol. The van der Waals surface area contributed by atoms with E-state index in [1.54, 1.807) is 23.0 Å². The van der Waals surface area contributed by atoms with Crippen LogP contribution in [0.4, 0.5) is 11.5 Å². The minimum atomic E-state index is 0.227. The number of phenolic OH excluding ortho intramolecular Hbond substituents is 1. The van der Waals surface area contributed by atoms with Crippen LogP contribution in [0.1, 0.15) is 5.56 Å². The predicted molar refractivity (Wildman–Crippen MR) is 88.9 cm³/mol. The van der Waals surface area contributed by atoms with Gasteiger partial charge in [0.05, 0.1) is 0 Å². The van der Waals surface area contributed by atoms with Crippen LogP contribution in [0.2, 0.25) is 0 Å². The van der Waals surface area contributed by atoms with E-state index in [0.717, 1.165) is 22.8 Å². The van der Waals surface area contributed by atoms with Crippen molar-refractivity contribution < 1.29 is 5.11 Å². The second-order valence-corrected chi connectivity index (χ2v) is 5.37. The summed E-state index contributed by atoms with van der Waals surface area (Å²) in [5, 5.41) is 15.9. The van der Waals surface area contributed by atoms with Gasteiger partial charge in [-0.1, -0.05) is 17.7 Å². The molecule has 23 heavy (non-hydrogen) atoms. The summed E-state index contributed by atoms with van der Waals surface area (Å²) in [6, 6.07) is 15.1. The average Bonchev–Trinajstić information content (AvgIpc) is 3.13. The number of rotatable bonds is 3. The third-order valence-corrected chi connectivity index (χ3v) is 3.68. The van der Waals surface area contributed by atoms with Crippen molar-refractivity contribution in [3.8, 4) is 17.0 Å². The normalized spacial score (nSPS) is 11.0. The Labute approximate surface area is 132 Å². The minimum absolute atomic E-state index is 0.227. The molecule has 0 spiro atoms. The Morgan fingerprint density at radius 1 is 1.04 bits per heavy atom. The van der Waals surface area contributed by atoms with E-state index in [2.05, 4.69) is 27.3 Å². The van der Waals surface area contributed by atoms with Gasteiger partial charge >= 0.3 is 0 Å². The number of hydrogen-bond donors (Lipinski definition) is 3. The lowest BCUT2D eigenvalue weighted by Gasteiger charge is -2.08. The van der Waals surface area contributed by atoms with E-state index in [0.29, 0.717) is 5.78 Å². The van der Waals surface area contributed by atoms with E-state index in [4.69, 9.17) is 0 Å². The third-order valence-electron chi connectivity index (χ3n) is 3.68. The molecule has 0 aliphatic heterocycles. The second-order valence-electron chi connectivity index (χ2n) is 5.37. The van der Waals surface area contributed by atoms with Gasteiger partial charge in [-0.3, -0.25) is 5.10 Å². The maximum atomic E-state index is 9.47. The van der Waals surface area contributed by atoms with E-state index in [9.17, 15) is 5.11 Å². The Hall–Kier alpha value is -3.28. The van der Waals surface area contributed by atoms with Gasteiger partial charge in [-0.25, -0.2) is 14.5 Å². The number of anilines is 2. The number of aromatic hydroxyl groups is 1. The number of nitrogens with one attached hydrogen (secondary N) is 2.